The lowest BCUT2D eigenvalue weighted by Gasteiger charge is -2.09. The molecule has 0 aliphatic carbocycles. The van der Waals surface area contributed by atoms with E-state index in [9.17, 15) is 0 Å². The molecule has 4 nitrogen and oxygen atoms in total. The van der Waals surface area contributed by atoms with Crippen molar-refractivity contribution in [1.82, 2.24) is 9.97 Å². The topological polar surface area (TPSA) is 47.0 Å². The second-order valence-electron chi connectivity index (χ2n) is 3.20. The molecule has 0 fully saturated rings. The number of ether oxygens (including phenoxy) is 1. The molecule has 0 unspecified atom stereocenters. The SMILES string of the molecule is COc1ccc(Br)c(Nc2cc(Br)ncn2)c1. The number of anilines is 2. The Balaban J connectivity index is 2.29. The van der Waals surface area contributed by atoms with Crippen LogP contribution < -0.4 is 10.1 Å². The zero-order chi connectivity index (χ0) is 12.3. The van der Waals surface area contributed by atoms with E-state index >= 15 is 0 Å². The lowest BCUT2D eigenvalue weighted by molar-refractivity contribution is 0.415. The van der Waals surface area contributed by atoms with Crippen molar-refractivity contribution < 1.29 is 4.74 Å². The first-order valence-corrected chi connectivity index (χ1v) is 6.36. The molecule has 2 aromatic rings. The van der Waals surface area contributed by atoms with E-state index in [1.165, 1.54) is 6.33 Å². The van der Waals surface area contributed by atoms with Crippen LogP contribution in [-0.2, 0) is 0 Å². The van der Waals surface area contributed by atoms with Gasteiger partial charge in [0, 0.05) is 16.6 Å². The maximum Gasteiger partial charge on any atom is 0.134 e. The van der Waals surface area contributed by atoms with Crippen molar-refractivity contribution in [2.45, 2.75) is 0 Å². The molecule has 17 heavy (non-hydrogen) atoms. The summed E-state index contributed by atoms with van der Waals surface area (Å²) in [6.45, 7) is 0. The summed E-state index contributed by atoms with van der Waals surface area (Å²) in [7, 11) is 1.63. The van der Waals surface area contributed by atoms with Gasteiger partial charge in [-0.2, -0.15) is 0 Å². The molecule has 6 heteroatoms. The summed E-state index contributed by atoms with van der Waals surface area (Å²) in [5.41, 5.74) is 0.884. The van der Waals surface area contributed by atoms with Crippen molar-refractivity contribution >= 4 is 43.4 Å². The number of hydrogen-bond acceptors (Lipinski definition) is 4. The first kappa shape index (κ1) is 12.3. The molecule has 1 aromatic carbocycles. The fourth-order valence-electron chi connectivity index (χ4n) is 1.27. The van der Waals surface area contributed by atoms with E-state index < -0.39 is 0 Å². The van der Waals surface area contributed by atoms with E-state index in [2.05, 4.69) is 47.1 Å². The van der Waals surface area contributed by atoms with Crippen molar-refractivity contribution in [3.8, 4) is 5.75 Å². The van der Waals surface area contributed by atoms with Gasteiger partial charge in [-0.05, 0) is 44.0 Å². The summed E-state index contributed by atoms with van der Waals surface area (Å²) in [6, 6.07) is 7.48. The van der Waals surface area contributed by atoms with Crippen molar-refractivity contribution in [3.05, 3.63) is 39.7 Å². The van der Waals surface area contributed by atoms with Crippen molar-refractivity contribution in [2.75, 3.05) is 12.4 Å². The number of benzene rings is 1. The van der Waals surface area contributed by atoms with Crippen molar-refractivity contribution in [3.63, 3.8) is 0 Å². The minimum Gasteiger partial charge on any atom is -0.497 e. The predicted octanol–water partition coefficient (Wildman–Crippen LogP) is 3.75. The van der Waals surface area contributed by atoms with E-state index in [0.29, 0.717) is 5.82 Å². The van der Waals surface area contributed by atoms with E-state index in [1.54, 1.807) is 13.2 Å². The number of aromatic nitrogens is 2. The molecule has 0 atom stereocenters. The molecule has 0 spiro atoms. The normalized spacial score (nSPS) is 10.1. The van der Waals surface area contributed by atoms with Crippen molar-refractivity contribution in [1.29, 1.82) is 0 Å². The van der Waals surface area contributed by atoms with Crippen LogP contribution in [0.1, 0.15) is 0 Å². The summed E-state index contributed by atoms with van der Waals surface area (Å²) in [5, 5.41) is 3.18. The summed E-state index contributed by atoms with van der Waals surface area (Å²) >= 11 is 6.76. The Hall–Kier alpha value is -1.14. The van der Waals surface area contributed by atoms with Crippen LogP contribution in [0.25, 0.3) is 0 Å². The highest BCUT2D eigenvalue weighted by Crippen LogP contribution is 2.29. The molecule has 0 saturated heterocycles. The lowest BCUT2D eigenvalue weighted by Crippen LogP contribution is -1.95. The third-order valence-electron chi connectivity index (χ3n) is 2.07. The number of nitrogens with one attached hydrogen (secondary N) is 1. The summed E-state index contributed by atoms with van der Waals surface area (Å²) in [4.78, 5) is 8.08. The van der Waals surface area contributed by atoms with Gasteiger partial charge in [-0.15, -0.1) is 0 Å². The average Bonchev–Trinajstić information content (AvgIpc) is 2.32. The molecule has 1 N–H and O–H groups in total. The van der Waals surface area contributed by atoms with Gasteiger partial charge in [0.15, 0.2) is 0 Å². The van der Waals surface area contributed by atoms with E-state index in [0.717, 1.165) is 20.5 Å². The average molecular weight is 359 g/mol. The van der Waals surface area contributed by atoms with Crippen molar-refractivity contribution in [2.24, 2.45) is 0 Å². The fraction of sp³-hybridized carbons (Fsp3) is 0.0909. The van der Waals surface area contributed by atoms with E-state index in [1.807, 2.05) is 18.2 Å². The molecule has 0 amide bonds. The van der Waals surface area contributed by atoms with Gasteiger partial charge in [0.25, 0.3) is 0 Å². The highest BCUT2D eigenvalue weighted by molar-refractivity contribution is 9.10. The molecule has 1 heterocycles. The Morgan fingerprint density at radius 1 is 1.18 bits per heavy atom. The minimum absolute atomic E-state index is 0.709. The first-order chi connectivity index (χ1) is 8.19. The standard InChI is InChI=1S/C11H9Br2N3O/c1-17-7-2-3-8(12)9(4-7)16-11-5-10(13)14-6-15-11/h2-6H,1H3,(H,14,15,16). The second kappa shape index (κ2) is 5.46. The van der Waals surface area contributed by atoms with Crippen LogP contribution in [0.2, 0.25) is 0 Å². The smallest absolute Gasteiger partial charge is 0.134 e. The molecular weight excluding hydrogens is 350 g/mol. The van der Waals surface area contributed by atoms with Gasteiger partial charge in [-0.25, -0.2) is 9.97 Å². The maximum atomic E-state index is 5.17. The van der Waals surface area contributed by atoms with Crippen LogP contribution in [0.3, 0.4) is 0 Å². The molecule has 0 bridgehead atoms. The molecule has 0 aliphatic rings. The van der Waals surface area contributed by atoms with Gasteiger partial charge < -0.3 is 10.1 Å². The Bertz CT molecular complexity index is 534. The maximum absolute atomic E-state index is 5.17. The molecular formula is C11H9Br2N3O. The number of rotatable bonds is 3. The molecule has 0 radical (unpaired) electrons. The Labute approximate surface area is 116 Å². The Morgan fingerprint density at radius 2 is 2.00 bits per heavy atom. The van der Waals surface area contributed by atoms with Crippen LogP contribution >= 0.6 is 31.9 Å². The van der Waals surface area contributed by atoms with Gasteiger partial charge in [-0.3, -0.25) is 0 Å². The van der Waals surface area contributed by atoms with Gasteiger partial charge in [0.05, 0.1) is 12.8 Å². The van der Waals surface area contributed by atoms with Crippen LogP contribution in [0.5, 0.6) is 5.75 Å². The molecule has 88 valence electrons. The number of nitrogens with zero attached hydrogens (tertiary/aromatic N) is 2. The monoisotopic (exact) mass is 357 g/mol. The van der Waals surface area contributed by atoms with E-state index in [4.69, 9.17) is 4.74 Å². The summed E-state index contributed by atoms with van der Waals surface area (Å²) in [5.74, 6) is 1.49. The van der Waals surface area contributed by atoms with Crippen LogP contribution in [-0.4, -0.2) is 17.1 Å². The van der Waals surface area contributed by atoms with Gasteiger partial charge in [0.2, 0.25) is 0 Å². The Morgan fingerprint density at radius 3 is 2.71 bits per heavy atom. The van der Waals surface area contributed by atoms with Crippen LogP contribution in [0.4, 0.5) is 11.5 Å². The number of methoxy groups -OCH3 is 1. The zero-order valence-corrected chi connectivity index (χ0v) is 12.1. The fourth-order valence-corrected chi connectivity index (χ4v) is 1.92. The highest BCUT2D eigenvalue weighted by Gasteiger charge is 2.03. The predicted molar refractivity (Wildman–Crippen MR) is 73.7 cm³/mol. The molecule has 0 aliphatic heterocycles. The third-order valence-corrected chi connectivity index (χ3v) is 3.20. The first-order valence-electron chi connectivity index (χ1n) is 4.77. The number of halogens is 2. The van der Waals surface area contributed by atoms with Crippen LogP contribution in [0, 0.1) is 0 Å². The number of hydrogen-bond donors (Lipinski definition) is 1. The summed E-state index contributed by atoms with van der Waals surface area (Å²) < 4.78 is 6.84. The van der Waals surface area contributed by atoms with Gasteiger partial charge in [-0.1, -0.05) is 0 Å². The molecule has 1 aromatic heterocycles. The van der Waals surface area contributed by atoms with Gasteiger partial charge in [0.1, 0.15) is 22.5 Å². The largest absolute Gasteiger partial charge is 0.497 e. The zero-order valence-electron chi connectivity index (χ0n) is 8.95. The van der Waals surface area contributed by atoms with Gasteiger partial charge >= 0.3 is 0 Å². The Kier molecular flexibility index (Phi) is 3.96. The summed E-state index contributed by atoms with van der Waals surface area (Å²) in [6.07, 6.45) is 1.49. The third kappa shape index (κ3) is 3.17. The highest BCUT2D eigenvalue weighted by atomic mass is 79.9. The molecule has 0 saturated carbocycles. The lowest BCUT2D eigenvalue weighted by atomic mass is 10.3. The minimum atomic E-state index is 0.709. The van der Waals surface area contributed by atoms with E-state index in [-0.39, 0.29) is 0 Å². The molecule has 2 rings (SSSR count). The van der Waals surface area contributed by atoms with Crippen LogP contribution in [0.15, 0.2) is 39.7 Å². The second-order valence-corrected chi connectivity index (χ2v) is 4.86. The quantitative estimate of drug-likeness (QED) is 0.848.